The number of hydrogen-bond acceptors (Lipinski definition) is 5. The maximum absolute atomic E-state index is 11.8. The Hall–Kier alpha value is -1.14. The Morgan fingerprint density at radius 1 is 1.62 bits per heavy atom. The van der Waals surface area contributed by atoms with Crippen molar-refractivity contribution in [3.05, 3.63) is 0 Å². The predicted octanol–water partition coefficient (Wildman–Crippen LogP) is -1.14. The normalized spacial score (nSPS) is 21.9. The van der Waals surface area contributed by atoms with E-state index in [1.54, 1.807) is 6.92 Å². The first-order chi connectivity index (χ1) is 7.61. The molecule has 1 amide bonds. The summed E-state index contributed by atoms with van der Waals surface area (Å²) in [6, 6.07) is -1.49. The van der Waals surface area contributed by atoms with Gasteiger partial charge in [0, 0.05) is 6.54 Å². The highest BCUT2D eigenvalue weighted by atomic mass is 16.5. The van der Waals surface area contributed by atoms with E-state index in [1.807, 2.05) is 0 Å². The number of carbonyl (C=O) groups excluding carboxylic acids is 2. The van der Waals surface area contributed by atoms with Gasteiger partial charge in [0.05, 0.1) is 19.3 Å². The van der Waals surface area contributed by atoms with Crippen LogP contribution >= 0.6 is 0 Å². The van der Waals surface area contributed by atoms with Gasteiger partial charge in [0.2, 0.25) is 0 Å². The summed E-state index contributed by atoms with van der Waals surface area (Å²) in [6.45, 7) is 2.29. The van der Waals surface area contributed by atoms with E-state index in [0.717, 1.165) is 12.8 Å². The lowest BCUT2D eigenvalue weighted by Gasteiger charge is -2.25. The van der Waals surface area contributed by atoms with E-state index >= 15 is 0 Å². The van der Waals surface area contributed by atoms with Crippen molar-refractivity contribution in [3.8, 4) is 0 Å². The van der Waals surface area contributed by atoms with Crippen molar-refractivity contribution in [2.75, 3.05) is 19.8 Å². The molecule has 16 heavy (non-hydrogen) atoms. The maximum atomic E-state index is 11.8. The number of hydrogen-bond donors (Lipinski definition) is 2. The fourth-order valence-electron chi connectivity index (χ4n) is 1.83. The van der Waals surface area contributed by atoms with Crippen molar-refractivity contribution >= 4 is 11.9 Å². The zero-order valence-corrected chi connectivity index (χ0v) is 9.39. The number of amides is 1. The molecule has 0 saturated carbocycles. The van der Waals surface area contributed by atoms with Gasteiger partial charge >= 0.3 is 5.97 Å². The number of aliphatic hydroxyl groups is 1. The molecule has 2 atom stereocenters. The summed E-state index contributed by atoms with van der Waals surface area (Å²) in [7, 11) is 0. The summed E-state index contributed by atoms with van der Waals surface area (Å²) < 4.78 is 4.68. The molecule has 3 N–H and O–H groups in total. The molecule has 0 aromatic heterocycles. The molecule has 2 unspecified atom stereocenters. The third-order valence-corrected chi connectivity index (χ3v) is 2.68. The van der Waals surface area contributed by atoms with E-state index in [9.17, 15) is 9.59 Å². The molecular weight excluding hydrogens is 212 g/mol. The van der Waals surface area contributed by atoms with E-state index in [0.29, 0.717) is 6.54 Å². The second kappa shape index (κ2) is 5.81. The molecule has 0 bridgehead atoms. The summed E-state index contributed by atoms with van der Waals surface area (Å²) in [6.07, 6.45) is 1.57. The highest BCUT2D eigenvalue weighted by molar-refractivity contribution is 6.01. The molecule has 1 heterocycles. The molecule has 92 valence electrons. The Morgan fingerprint density at radius 2 is 2.31 bits per heavy atom. The third-order valence-electron chi connectivity index (χ3n) is 2.68. The Kier molecular flexibility index (Phi) is 4.70. The average Bonchev–Trinajstić information content (AvgIpc) is 2.75. The number of rotatable bonds is 4. The van der Waals surface area contributed by atoms with E-state index in [1.165, 1.54) is 4.90 Å². The fraction of sp³-hybridized carbons (Fsp3) is 0.800. The molecule has 0 spiro atoms. The third kappa shape index (κ3) is 2.70. The molecule has 1 aliphatic rings. The summed E-state index contributed by atoms with van der Waals surface area (Å²) in [4.78, 5) is 24.6. The topological polar surface area (TPSA) is 92.9 Å². The van der Waals surface area contributed by atoms with Gasteiger partial charge in [-0.3, -0.25) is 4.79 Å². The minimum Gasteiger partial charge on any atom is -0.464 e. The van der Waals surface area contributed by atoms with Gasteiger partial charge in [-0.05, 0) is 19.8 Å². The monoisotopic (exact) mass is 230 g/mol. The van der Waals surface area contributed by atoms with Crippen LogP contribution in [0.15, 0.2) is 0 Å². The van der Waals surface area contributed by atoms with Crippen LogP contribution in [0.5, 0.6) is 0 Å². The van der Waals surface area contributed by atoms with Crippen molar-refractivity contribution < 1.29 is 19.4 Å². The largest absolute Gasteiger partial charge is 0.464 e. The van der Waals surface area contributed by atoms with Crippen molar-refractivity contribution in [3.63, 3.8) is 0 Å². The number of esters is 1. The van der Waals surface area contributed by atoms with Crippen LogP contribution in [0.2, 0.25) is 0 Å². The quantitative estimate of drug-likeness (QED) is 0.470. The molecule has 1 aliphatic heterocycles. The lowest BCUT2D eigenvalue weighted by atomic mass is 10.2. The first kappa shape index (κ1) is 12.9. The predicted molar refractivity (Wildman–Crippen MR) is 56.4 cm³/mol. The van der Waals surface area contributed by atoms with Gasteiger partial charge in [-0.2, -0.15) is 0 Å². The molecule has 0 aromatic rings. The summed E-state index contributed by atoms with van der Waals surface area (Å²) >= 11 is 0. The number of likely N-dealkylation sites (tertiary alicyclic amines) is 1. The molecule has 0 aromatic carbocycles. The SMILES string of the molecule is CCOC(=O)C(N)C(=O)N1CCCC1CO. The van der Waals surface area contributed by atoms with Gasteiger partial charge in [0.25, 0.3) is 5.91 Å². The van der Waals surface area contributed by atoms with Crippen LogP contribution in [0.3, 0.4) is 0 Å². The van der Waals surface area contributed by atoms with Crippen LogP contribution in [-0.2, 0) is 14.3 Å². The van der Waals surface area contributed by atoms with Crippen molar-refractivity contribution in [2.24, 2.45) is 5.73 Å². The first-order valence-electron chi connectivity index (χ1n) is 5.45. The second-order valence-electron chi connectivity index (χ2n) is 3.74. The van der Waals surface area contributed by atoms with Crippen LogP contribution in [-0.4, -0.2) is 53.7 Å². The second-order valence-corrected chi connectivity index (χ2v) is 3.74. The van der Waals surface area contributed by atoms with Gasteiger partial charge in [0.1, 0.15) is 0 Å². The Morgan fingerprint density at radius 3 is 2.88 bits per heavy atom. The van der Waals surface area contributed by atoms with Crippen LogP contribution in [0.25, 0.3) is 0 Å². The summed E-state index contributed by atoms with van der Waals surface area (Å²) in [5.41, 5.74) is 5.50. The van der Waals surface area contributed by atoms with E-state index in [2.05, 4.69) is 4.74 Å². The maximum Gasteiger partial charge on any atom is 0.332 e. The number of carbonyl (C=O) groups is 2. The number of aliphatic hydroxyl groups excluding tert-OH is 1. The standard InChI is InChI=1S/C10H18N2O4/c1-2-16-10(15)8(11)9(14)12-5-3-4-7(12)6-13/h7-8,13H,2-6,11H2,1H3. The van der Waals surface area contributed by atoms with Gasteiger partial charge in [-0.25, -0.2) is 4.79 Å². The van der Waals surface area contributed by atoms with Crippen molar-refractivity contribution in [1.82, 2.24) is 4.90 Å². The molecule has 6 nitrogen and oxygen atoms in total. The highest BCUT2D eigenvalue weighted by Gasteiger charge is 2.34. The minimum atomic E-state index is -1.27. The molecule has 1 saturated heterocycles. The van der Waals surface area contributed by atoms with Crippen LogP contribution < -0.4 is 5.73 Å². The summed E-state index contributed by atoms with van der Waals surface area (Å²) in [5, 5.41) is 9.06. The van der Waals surface area contributed by atoms with E-state index in [-0.39, 0.29) is 19.3 Å². The van der Waals surface area contributed by atoms with Crippen molar-refractivity contribution in [1.29, 1.82) is 0 Å². The van der Waals surface area contributed by atoms with E-state index < -0.39 is 17.9 Å². The van der Waals surface area contributed by atoms with Crippen LogP contribution in [0.4, 0.5) is 0 Å². The molecule has 1 rings (SSSR count). The minimum absolute atomic E-state index is 0.0959. The number of ether oxygens (including phenoxy) is 1. The average molecular weight is 230 g/mol. The van der Waals surface area contributed by atoms with E-state index in [4.69, 9.17) is 10.8 Å². The molecule has 1 fully saturated rings. The van der Waals surface area contributed by atoms with Crippen LogP contribution in [0.1, 0.15) is 19.8 Å². The lowest BCUT2D eigenvalue weighted by molar-refractivity contribution is -0.151. The molecular formula is C10H18N2O4. The Labute approximate surface area is 94.3 Å². The van der Waals surface area contributed by atoms with Gasteiger partial charge in [-0.15, -0.1) is 0 Å². The summed E-state index contributed by atoms with van der Waals surface area (Å²) in [5.74, 6) is -1.17. The first-order valence-corrected chi connectivity index (χ1v) is 5.45. The zero-order valence-electron chi connectivity index (χ0n) is 9.39. The van der Waals surface area contributed by atoms with Crippen molar-refractivity contribution in [2.45, 2.75) is 31.8 Å². The van der Waals surface area contributed by atoms with Gasteiger partial charge < -0.3 is 20.5 Å². The smallest absolute Gasteiger partial charge is 0.332 e. The molecule has 6 heteroatoms. The fourth-order valence-corrected chi connectivity index (χ4v) is 1.83. The molecule has 0 aliphatic carbocycles. The number of nitrogens with zero attached hydrogens (tertiary/aromatic N) is 1. The highest BCUT2D eigenvalue weighted by Crippen LogP contribution is 2.17. The Bertz CT molecular complexity index is 270. The van der Waals surface area contributed by atoms with Gasteiger partial charge in [-0.1, -0.05) is 0 Å². The Balaban J connectivity index is 2.59. The molecule has 0 radical (unpaired) electrons. The zero-order chi connectivity index (χ0) is 12.1. The lowest BCUT2D eigenvalue weighted by Crippen LogP contribution is -2.51. The number of nitrogens with two attached hydrogens (primary N) is 1. The van der Waals surface area contributed by atoms with Gasteiger partial charge in [0.15, 0.2) is 6.04 Å². The van der Waals surface area contributed by atoms with Crippen LogP contribution in [0, 0.1) is 0 Å².